The van der Waals surface area contributed by atoms with Gasteiger partial charge in [0.25, 0.3) is 0 Å². The number of aryl methyl sites for hydroxylation is 1. The Hall–Kier alpha value is -2.18. The molecule has 0 aliphatic rings. The quantitative estimate of drug-likeness (QED) is 0.837. The highest BCUT2D eigenvalue weighted by atomic mass is 16.5. The van der Waals surface area contributed by atoms with Gasteiger partial charge in [0.05, 0.1) is 13.0 Å². The topological polar surface area (TPSA) is 77.8 Å². The normalized spacial score (nSPS) is 10.5. The van der Waals surface area contributed by atoms with E-state index in [1.807, 2.05) is 24.7 Å². The Morgan fingerprint density at radius 2 is 2.16 bits per heavy atom. The van der Waals surface area contributed by atoms with Crippen LogP contribution in [0.5, 0.6) is 6.01 Å². The third-order valence-corrected chi connectivity index (χ3v) is 2.56. The minimum atomic E-state index is 0.352. The highest BCUT2D eigenvalue weighted by molar-refractivity contribution is 5.25. The summed E-state index contributed by atoms with van der Waals surface area (Å²) < 4.78 is 7.40. The summed E-state index contributed by atoms with van der Waals surface area (Å²) in [5.41, 5.74) is 0. The van der Waals surface area contributed by atoms with Crippen LogP contribution in [0.2, 0.25) is 0 Å². The van der Waals surface area contributed by atoms with Gasteiger partial charge in [0.2, 0.25) is 5.95 Å². The number of nitrogens with one attached hydrogen (secondary N) is 1. The van der Waals surface area contributed by atoms with Crippen LogP contribution in [-0.2, 0) is 13.5 Å². The van der Waals surface area contributed by atoms with E-state index in [4.69, 9.17) is 4.74 Å². The van der Waals surface area contributed by atoms with Gasteiger partial charge in [-0.2, -0.15) is 15.0 Å². The number of anilines is 1. The number of nitrogens with zero attached hydrogens (tertiary/aromatic N) is 5. The van der Waals surface area contributed by atoms with Crippen molar-refractivity contribution < 1.29 is 4.74 Å². The Balaban J connectivity index is 2.21. The van der Waals surface area contributed by atoms with Crippen LogP contribution in [0, 0.1) is 0 Å². The number of rotatable bonds is 6. The Bertz CT molecular complexity index is 539. The molecule has 2 rings (SSSR count). The maximum atomic E-state index is 5.46. The standard InChI is InChI=1S/C12H18N6O/c1-4-7-19-12-16-9(15-11(13-2)17-12)8-10-14-5-6-18(10)3/h5-6H,4,7-8H2,1-3H3,(H,13,15,16,17). The fraction of sp³-hybridized carbons (Fsp3) is 0.500. The molecule has 0 saturated heterocycles. The van der Waals surface area contributed by atoms with E-state index in [9.17, 15) is 0 Å². The van der Waals surface area contributed by atoms with E-state index in [1.54, 1.807) is 13.2 Å². The highest BCUT2D eigenvalue weighted by Gasteiger charge is 2.09. The van der Waals surface area contributed by atoms with Gasteiger partial charge in [-0.25, -0.2) is 4.98 Å². The molecule has 0 bridgehead atoms. The first-order valence-corrected chi connectivity index (χ1v) is 6.24. The van der Waals surface area contributed by atoms with Crippen LogP contribution in [0.15, 0.2) is 12.4 Å². The summed E-state index contributed by atoms with van der Waals surface area (Å²) in [7, 11) is 3.71. The molecule has 7 nitrogen and oxygen atoms in total. The van der Waals surface area contributed by atoms with E-state index in [-0.39, 0.29) is 0 Å². The van der Waals surface area contributed by atoms with Crippen LogP contribution in [-0.4, -0.2) is 38.2 Å². The zero-order chi connectivity index (χ0) is 13.7. The number of imidazole rings is 1. The van der Waals surface area contributed by atoms with Gasteiger partial charge in [0.15, 0.2) is 0 Å². The molecular weight excluding hydrogens is 244 g/mol. The van der Waals surface area contributed by atoms with E-state index < -0.39 is 0 Å². The van der Waals surface area contributed by atoms with Gasteiger partial charge < -0.3 is 14.6 Å². The number of aromatic nitrogens is 5. The average molecular weight is 262 g/mol. The van der Waals surface area contributed by atoms with Gasteiger partial charge in [0, 0.05) is 26.5 Å². The molecule has 0 radical (unpaired) electrons. The van der Waals surface area contributed by atoms with Crippen molar-refractivity contribution in [3.63, 3.8) is 0 Å². The van der Waals surface area contributed by atoms with E-state index in [0.717, 1.165) is 12.2 Å². The molecule has 0 saturated carbocycles. The first-order valence-electron chi connectivity index (χ1n) is 6.24. The molecule has 0 aliphatic heterocycles. The molecule has 0 aromatic carbocycles. The van der Waals surface area contributed by atoms with Crippen molar-refractivity contribution in [3.05, 3.63) is 24.0 Å². The monoisotopic (exact) mass is 262 g/mol. The summed E-state index contributed by atoms with van der Waals surface area (Å²) in [5, 5.41) is 2.91. The Morgan fingerprint density at radius 1 is 1.32 bits per heavy atom. The fourth-order valence-electron chi connectivity index (χ4n) is 1.56. The third-order valence-electron chi connectivity index (χ3n) is 2.56. The second-order valence-electron chi connectivity index (χ2n) is 4.09. The van der Waals surface area contributed by atoms with Crippen LogP contribution in [0.25, 0.3) is 0 Å². The lowest BCUT2D eigenvalue weighted by atomic mass is 10.4. The molecule has 1 N–H and O–H groups in total. The molecule has 0 amide bonds. The predicted octanol–water partition coefficient (Wildman–Crippen LogP) is 1.03. The van der Waals surface area contributed by atoms with Crippen molar-refractivity contribution in [2.45, 2.75) is 19.8 Å². The van der Waals surface area contributed by atoms with Crippen LogP contribution >= 0.6 is 0 Å². The molecule has 0 fully saturated rings. The second kappa shape index (κ2) is 6.12. The minimum absolute atomic E-state index is 0.352. The lowest BCUT2D eigenvalue weighted by Crippen LogP contribution is -2.09. The van der Waals surface area contributed by atoms with Crippen molar-refractivity contribution in [1.82, 2.24) is 24.5 Å². The molecule has 2 heterocycles. The van der Waals surface area contributed by atoms with Gasteiger partial charge in [-0.05, 0) is 6.42 Å². The largest absolute Gasteiger partial charge is 0.463 e. The van der Waals surface area contributed by atoms with E-state index in [1.165, 1.54) is 0 Å². The Morgan fingerprint density at radius 3 is 2.79 bits per heavy atom. The van der Waals surface area contributed by atoms with Gasteiger partial charge in [0.1, 0.15) is 11.6 Å². The first-order chi connectivity index (χ1) is 9.22. The lowest BCUT2D eigenvalue weighted by Gasteiger charge is -2.07. The Kier molecular flexibility index (Phi) is 4.27. The fourth-order valence-corrected chi connectivity index (χ4v) is 1.56. The SMILES string of the molecule is CCCOc1nc(Cc2nccn2C)nc(NC)n1. The van der Waals surface area contributed by atoms with Gasteiger partial charge in [-0.3, -0.25) is 0 Å². The van der Waals surface area contributed by atoms with Crippen LogP contribution < -0.4 is 10.1 Å². The van der Waals surface area contributed by atoms with Crippen LogP contribution in [0.4, 0.5) is 5.95 Å². The zero-order valence-electron chi connectivity index (χ0n) is 11.4. The first kappa shape index (κ1) is 13.3. The van der Waals surface area contributed by atoms with Crippen molar-refractivity contribution in [2.24, 2.45) is 7.05 Å². The third kappa shape index (κ3) is 3.40. The van der Waals surface area contributed by atoms with E-state index in [2.05, 4.69) is 25.3 Å². The number of ether oxygens (including phenoxy) is 1. The minimum Gasteiger partial charge on any atom is -0.463 e. The summed E-state index contributed by atoms with van der Waals surface area (Å²) in [4.78, 5) is 17.0. The van der Waals surface area contributed by atoms with Crippen molar-refractivity contribution in [1.29, 1.82) is 0 Å². The maximum absolute atomic E-state index is 5.46. The predicted molar refractivity (Wildman–Crippen MR) is 71.2 cm³/mol. The molecule has 7 heteroatoms. The van der Waals surface area contributed by atoms with Gasteiger partial charge in [-0.15, -0.1) is 0 Å². The van der Waals surface area contributed by atoms with Gasteiger partial charge in [-0.1, -0.05) is 6.92 Å². The molecule has 19 heavy (non-hydrogen) atoms. The van der Waals surface area contributed by atoms with E-state index >= 15 is 0 Å². The molecular formula is C12H18N6O. The van der Waals surface area contributed by atoms with Crippen molar-refractivity contribution in [2.75, 3.05) is 19.0 Å². The maximum Gasteiger partial charge on any atom is 0.321 e. The highest BCUT2D eigenvalue weighted by Crippen LogP contribution is 2.10. The summed E-state index contributed by atoms with van der Waals surface area (Å²) in [6, 6.07) is 0.352. The van der Waals surface area contributed by atoms with Crippen LogP contribution in [0.3, 0.4) is 0 Å². The summed E-state index contributed by atoms with van der Waals surface area (Å²) in [6.07, 6.45) is 5.10. The second-order valence-corrected chi connectivity index (χ2v) is 4.09. The van der Waals surface area contributed by atoms with Crippen LogP contribution in [0.1, 0.15) is 25.0 Å². The smallest absolute Gasteiger partial charge is 0.321 e. The van der Waals surface area contributed by atoms with Gasteiger partial charge >= 0.3 is 6.01 Å². The lowest BCUT2D eigenvalue weighted by molar-refractivity contribution is 0.290. The molecule has 102 valence electrons. The molecule has 0 spiro atoms. The molecule has 2 aromatic heterocycles. The summed E-state index contributed by atoms with van der Waals surface area (Å²) >= 11 is 0. The molecule has 0 aliphatic carbocycles. The number of hydrogen-bond acceptors (Lipinski definition) is 6. The summed E-state index contributed by atoms with van der Waals surface area (Å²) in [6.45, 7) is 2.63. The summed E-state index contributed by atoms with van der Waals surface area (Å²) in [5.74, 6) is 2.04. The van der Waals surface area contributed by atoms with Crippen molar-refractivity contribution in [3.8, 4) is 6.01 Å². The Labute approximate surface area is 112 Å². The molecule has 2 aromatic rings. The average Bonchev–Trinajstić information content (AvgIpc) is 2.81. The molecule has 0 atom stereocenters. The number of hydrogen-bond donors (Lipinski definition) is 1. The zero-order valence-corrected chi connectivity index (χ0v) is 11.4. The van der Waals surface area contributed by atoms with Crippen molar-refractivity contribution >= 4 is 5.95 Å². The molecule has 0 unspecified atom stereocenters. The van der Waals surface area contributed by atoms with E-state index in [0.29, 0.717) is 30.8 Å².